The van der Waals surface area contributed by atoms with Gasteiger partial charge in [-0.1, -0.05) is 24.3 Å². The zero-order chi connectivity index (χ0) is 19.7. The van der Waals surface area contributed by atoms with Gasteiger partial charge in [0.2, 0.25) is 0 Å². The van der Waals surface area contributed by atoms with Crippen LogP contribution in [0.3, 0.4) is 0 Å². The highest BCUT2D eigenvalue weighted by Crippen LogP contribution is 2.21. The molecular formula is C22H24N4O2. The molecule has 1 aromatic carbocycles. The van der Waals surface area contributed by atoms with Gasteiger partial charge in [0, 0.05) is 36.3 Å². The Bertz CT molecular complexity index is 1080. The molecule has 1 saturated heterocycles. The number of hydrogen-bond donors (Lipinski definition) is 0. The van der Waals surface area contributed by atoms with E-state index < -0.39 is 0 Å². The zero-order valence-electron chi connectivity index (χ0n) is 16.3. The third-order valence-corrected chi connectivity index (χ3v) is 5.69. The molecule has 0 unspecified atom stereocenters. The Morgan fingerprint density at radius 3 is 2.64 bits per heavy atom. The fraction of sp³-hybridized carbons (Fsp3) is 0.364. The molecule has 3 aromatic rings. The van der Waals surface area contributed by atoms with Crippen LogP contribution < -0.4 is 5.56 Å². The van der Waals surface area contributed by atoms with Crippen molar-refractivity contribution in [2.45, 2.75) is 33.2 Å². The number of fused-ring (bicyclic) bond motifs is 1. The van der Waals surface area contributed by atoms with E-state index in [9.17, 15) is 9.59 Å². The van der Waals surface area contributed by atoms with E-state index in [1.165, 1.54) is 0 Å². The summed E-state index contributed by atoms with van der Waals surface area (Å²) >= 11 is 0. The summed E-state index contributed by atoms with van der Waals surface area (Å²) < 4.78 is 1.70. The molecule has 1 aliphatic rings. The molecule has 1 fully saturated rings. The number of carbonyl (C=O) groups is 1. The second-order valence-corrected chi connectivity index (χ2v) is 7.54. The first-order valence-electron chi connectivity index (χ1n) is 9.70. The standard InChI is InChI=1S/C22H24N4O2/c1-15-16(2)23-14-26(21(15)27)13-17-9-11-25(12-10-17)22(28)20-8-7-18-5-3-4-6-19(18)24-20/h3-8,14,17H,9-13H2,1-2H3. The van der Waals surface area contributed by atoms with Crippen LogP contribution in [-0.2, 0) is 6.54 Å². The number of para-hydroxylation sites is 1. The molecule has 1 aliphatic heterocycles. The number of carbonyl (C=O) groups excluding carboxylic acids is 1. The predicted octanol–water partition coefficient (Wildman–Crippen LogP) is 2.96. The number of pyridine rings is 1. The summed E-state index contributed by atoms with van der Waals surface area (Å²) in [6.45, 7) is 5.70. The quantitative estimate of drug-likeness (QED) is 0.705. The summed E-state index contributed by atoms with van der Waals surface area (Å²) in [4.78, 5) is 35.9. The highest BCUT2D eigenvalue weighted by atomic mass is 16.2. The number of nitrogens with zero attached hydrogens (tertiary/aromatic N) is 4. The first-order chi connectivity index (χ1) is 13.5. The van der Waals surface area contributed by atoms with Crippen molar-refractivity contribution in [2.75, 3.05) is 13.1 Å². The minimum Gasteiger partial charge on any atom is -0.337 e. The molecule has 0 bridgehead atoms. The Hall–Kier alpha value is -3.02. The van der Waals surface area contributed by atoms with Crippen molar-refractivity contribution in [2.24, 2.45) is 5.92 Å². The molecule has 3 heterocycles. The van der Waals surface area contributed by atoms with Crippen LogP contribution in [0.1, 0.15) is 34.6 Å². The average Bonchev–Trinajstić information content (AvgIpc) is 2.74. The van der Waals surface area contributed by atoms with E-state index in [0.717, 1.165) is 29.4 Å². The fourth-order valence-corrected chi connectivity index (χ4v) is 3.75. The van der Waals surface area contributed by atoms with Crippen LogP contribution in [0.15, 0.2) is 47.5 Å². The summed E-state index contributed by atoms with van der Waals surface area (Å²) in [5.41, 5.74) is 2.85. The second kappa shape index (κ2) is 7.54. The molecule has 0 spiro atoms. The van der Waals surface area contributed by atoms with Gasteiger partial charge >= 0.3 is 0 Å². The zero-order valence-corrected chi connectivity index (χ0v) is 16.3. The molecule has 28 heavy (non-hydrogen) atoms. The maximum atomic E-state index is 12.8. The molecular weight excluding hydrogens is 352 g/mol. The lowest BCUT2D eigenvalue weighted by molar-refractivity contribution is 0.0676. The van der Waals surface area contributed by atoms with Gasteiger partial charge in [-0.2, -0.15) is 0 Å². The molecule has 0 saturated carbocycles. The largest absolute Gasteiger partial charge is 0.337 e. The van der Waals surface area contributed by atoms with Gasteiger partial charge in [-0.05, 0) is 44.7 Å². The Morgan fingerprint density at radius 1 is 1.11 bits per heavy atom. The van der Waals surface area contributed by atoms with Crippen molar-refractivity contribution < 1.29 is 4.79 Å². The van der Waals surface area contributed by atoms with Gasteiger partial charge < -0.3 is 4.90 Å². The normalized spacial score (nSPS) is 15.1. The summed E-state index contributed by atoms with van der Waals surface area (Å²) in [7, 11) is 0. The molecule has 0 N–H and O–H groups in total. The van der Waals surface area contributed by atoms with Gasteiger partial charge in [0.15, 0.2) is 0 Å². The van der Waals surface area contributed by atoms with Crippen molar-refractivity contribution in [3.8, 4) is 0 Å². The van der Waals surface area contributed by atoms with Crippen LogP contribution in [0.25, 0.3) is 10.9 Å². The molecule has 0 atom stereocenters. The van der Waals surface area contributed by atoms with Crippen molar-refractivity contribution in [3.05, 3.63) is 70.0 Å². The Labute approximate surface area is 163 Å². The van der Waals surface area contributed by atoms with Crippen LogP contribution in [-0.4, -0.2) is 38.4 Å². The van der Waals surface area contributed by atoms with E-state index in [1.807, 2.05) is 49.1 Å². The molecule has 0 radical (unpaired) electrons. The number of aryl methyl sites for hydroxylation is 1. The van der Waals surface area contributed by atoms with Crippen LogP contribution in [0.2, 0.25) is 0 Å². The molecule has 6 heteroatoms. The number of likely N-dealkylation sites (tertiary alicyclic amines) is 1. The Morgan fingerprint density at radius 2 is 1.86 bits per heavy atom. The lowest BCUT2D eigenvalue weighted by atomic mass is 9.96. The van der Waals surface area contributed by atoms with Crippen molar-refractivity contribution in [3.63, 3.8) is 0 Å². The number of piperidine rings is 1. The van der Waals surface area contributed by atoms with Crippen LogP contribution in [0.4, 0.5) is 0 Å². The van der Waals surface area contributed by atoms with Gasteiger partial charge in [-0.3, -0.25) is 14.2 Å². The van der Waals surface area contributed by atoms with Crippen LogP contribution in [0, 0.1) is 19.8 Å². The number of amides is 1. The summed E-state index contributed by atoms with van der Waals surface area (Å²) in [5, 5.41) is 1.03. The Kier molecular flexibility index (Phi) is 4.94. The molecule has 1 amide bonds. The van der Waals surface area contributed by atoms with Gasteiger partial charge in [0.05, 0.1) is 11.8 Å². The molecule has 144 valence electrons. The van der Waals surface area contributed by atoms with Gasteiger partial charge in [-0.15, -0.1) is 0 Å². The van der Waals surface area contributed by atoms with Crippen molar-refractivity contribution in [1.29, 1.82) is 0 Å². The van der Waals surface area contributed by atoms with E-state index in [2.05, 4.69) is 9.97 Å². The maximum Gasteiger partial charge on any atom is 0.272 e. The highest BCUT2D eigenvalue weighted by molar-refractivity contribution is 5.94. The van der Waals surface area contributed by atoms with Crippen molar-refractivity contribution >= 4 is 16.8 Å². The summed E-state index contributed by atoms with van der Waals surface area (Å²) in [6, 6.07) is 11.6. The van der Waals surface area contributed by atoms with E-state index in [0.29, 0.717) is 36.8 Å². The highest BCUT2D eigenvalue weighted by Gasteiger charge is 2.25. The molecule has 6 nitrogen and oxygen atoms in total. The minimum atomic E-state index is -0.0192. The summed E-state index contributed by atoms with van der Waals surface area (Å²) in [6.07, 6.45) is 3.39. The first-order valence-corrected chi connectivity index (χ1v) is 9.70. The van der Waals surface area contributed by atoms with E-state index in [1.54, 1.807) is 17.0 Å². The van der Waals surface area contributed by atoms with E-state index >= 15 is 0 Å². The first kappa shape index (κ1) is 18.3. The fourth-order valence-electron chi connectivity index (χ4n) is 3.75. The number of rotatable bonds is 3. The predicted molar refractivity (Wildman–Crippen MR) is 108 cm³/mol. The molecule has 0 aliphatic carbocycles. The van der Waals surface area contributed by atoms with Crippen LogP contribution >= 0.6 is 0 Å². The minimum absolute atomic E-state index is 0.0192. The van der Waals surface area contributed by atoms with Crippen LogP contribution in [0.5, 0.6) is 0 Å². The van der Waals surface area contributed by atoms with Crippen molar-refractivity contribution in [1.82, 2.24) is 19.4 Å². The lowest BCUT2D eigenvalue weighted by Crippen LogP contribution is -2.40. The molecule has 4 rings (SSSR count). The monoisotopic (exact) mass is 376 g/mol. The SMILES string of the molecule is Cc1ncn(CC2CCN(C(=O)c3ccc4ccccc4n3)CC2)c(=O)c1C. The second-order valence-electron chi connectivity index (χ2n) is 7.54. The summed E-state index contributed by atoms with van der Waals surface area (Å²) in [5.74, 6) is 0.351. The smallest absolute Gasteiger partial charge is 0.272 e. The average molecular weight is 376 g/mol. The van der Waals surface area contributed by atoms with Gasteiger partial charge in [0.1, 0.15) is 5.69 Å². The maximum absolute atomic E-state index is 12.8. The van der Waals surface area contributed by atoms with E-state index in [-0.39, 0.29) is 11.5 Å². The van der Waals surface area contributed by atoms with Gasteiger partial charge in [0.25, 0.3) is 11.5 Å². The third-order valence-electron chi connectivity index (χ3n) is 5.69. The van der Waals surface area contributed by atoms with Gasteiger partial charge in [-0.25, -0.2) is 9.97 Å². The van der Waals surface area contributed by atoms with E-state index in [4.69, 9.17) is 0 Å². The Balaban J connectivity index is 1.41. The third kappa shape index (κ3) is 3.54. The molecule has 2 aromatic heterocycles. The lowest BCUT2D eigenvalue weighted by Gasteiger charge is -2.32. The number of hydrogen-bond acceptors (Lipinski definition) is 4. The number of aromatic nitrogens is 3. The number of benzene rings is 1. The topological polar surface area (TPSA) is 68.1 Å².